The molecule has 1 N–H and O–H groups in total. The predicted octanol–water partition coefficient (Wildman–Crippen LogP) is 1.57. The Hall–Kier alpha value is -1.16. The molecular formula is C10H15N3O. The van der Waals surface area contributed by atoms with Crippen LogP contribution in [0.15, 0.2) is 10.5 Å². The largest absolute Gasteiger partial charge is 0.421 e. The topological polar surface area (TPSA) is 51.0 Å². The van der Waals surface area contributed by atoms with Crippen molar-refractivity contribution in [2.75, 3.05) is 13.1 Å². The SMILES string of the molecule is CC(C)c1nnc(C2=CCNCC2)o1. The molecule has 1 aliphatic rings. The van der Waals surface area contributed by atoms with E-state index in [-0.39, 0.29) is 0 Å². The van der Waals surface area contributed by atoms with Crippen LogP contribution in [-0.2, 0) is 0 Å². The van der Waals surface area contributed by atoms with E-state index >= 15 is 0 Å². The molecule has 0 fully saturated rings. The first-order valence-electron chi connectivity index (χ1n) is 5.01. The summed E-state index contributed by atoms with van der Waals surface area (Å²) in [5.74, 6) is 1.72. The van der Waals surface area contributed by atoms with Gasteiger partial charge in [0.05, 0.1) is 0 Å². The third-order valence-corrected chi connectivity index (χ3v) is 2.27. The molecule has 0 bridgehead atoms. The average molecular weight is 193 g/mol. The van der Waals surface area contributed by atoms with Gasteiger partial charge in [-0.05, 0) is 13.0 Å². The molecule has 1 aromatic rings. The van der Waals surface area contributed by atoms with Gasteiger partial charge in [0.2, 0.25) is 11.8 Å². The van der Waals surface area contributed by atoms with Crippen LogP contribution in [0.25, 0.3) is 5.57 Å². The molecule has 0 unspecified atom stereocenters. The summed E-state index contributed by atoms with van der Waals surface area (Å²) in [6, 6.07) is 0. The van der Waals surface area contributed by atoms with E-state index in [0.717, 1.165) is 25.4 Å². The lowest BCUT2D eigenvalue weighted by Crippen LogP contribution is -2.20. The van der Waals surface area contributed by atoms with Gasteiger partial charge in [0.25, 0.3) is 0 Å². The van der Waals surface area contributed by atoms with Crippen LogP contribution in [0.4, 0.5) is 0 Å². The summed E-state index contributed by atoms with van der Waals surface area (Å²) in [4.78, 5) is 0. The van der Waals surface area contributed by atoms with E-state index in [0.29, 0.717) is 11.8 Å². The van der Waals surface area contributed by atoms with Crippen molar-refractivity contribution in [3.63, 3.8) is 0 Å². The van der Waals surface area contributed by atoms with Gasteiger partial charge in [-0.3, -0.25) is 0 Å². The van der Waals surface area contributed by atoms with Crippen LogP contribution in [0, 0.1) is 0 Å². The van der Waals surface area contributed by atoms with Crippen molar-refractivity contribution in [1.29, 1.82) is 0 Å². The molecule has 2 rings (SSSR count). The quantitative estimate of drug-likeness (QED) is 0.774. The maximum atomic E-state index is 5.57. The first-order chi connectivity index (χ1) is 6.77. The van der Waals surface area contributed by atoms with Gasteiger partial charge < -0.3 is 9.73 Å². The van der Waals surface area contributed by atoms with Gasteiger partial charge in [0.15, 0.2) is 0 Å². The van der Waals surface area contributed by atoms with E-state index in [1.54, 1.807) is 0 Å². The van der Waals surface area contributed by atoms with E-state index < -0.39 is 0 Å². The Morgan fingerprint density at radius 3 is 2.86 bits per heavy atom. The van der Waals surface area contributed by atoms with E-state index in [9.17, 15) is 0 Å². The van der Waals surface area contributed by atoms with Crippen molar-refractivity contribution in [1.82, 2.24) is 15.5 Å². The van der Waals surface area contributed by atoms with Crippen LogP contribution in [0.3, 0.4) is 0 Å². The summed E-state index contributed by atoms with van der Waals surface area (Å²) in [6.07, 6.45) is 3.08. The number of aromatic nitrogens is 2. The Labute approximate surface area is 83.4 Å². The number of hydrogen-bond acceptors (Lipinski definition) is 4. The fourth-order valence-corrected chi connectivity index (χ4v) is 1.41. The third kappa shape index (κ3) is 1.85. The lowest BCUT2D eigenvalue weighted by molar-refractivity contribution is 0.458. The van der Waals surface area contributed by atoms with Crippen LogP contribution in [-0.4, -0.2) is 23.3 Å². The van der Waals surface area contributed by atoms with Crippen LogP contribution in [0.1, 0.15) is 38.0 Å². The molecular weight excluding hydrogens is 178 g/mol. The molecule has 0 radical (unpaired) electrons. The zero-order valence-corrected chi connectivity index (χ0v) is 8.58. The van der Waals surface area contributed by atoms with Crippen molar-refractivity contribution in [2.24, 2.45) is 0 Å². The molecule has 76 valence electrons. The first-order valence-corrected chi connectivity index (χ1v) is 5.01. The van der Waals surface area contributed by atoms with Crippen molar-refractivity contribution >= 4 is 5.57 Å². The Kier molecular flexibility index (Phi) is 2.63. The Bertz CT molecular complexity index is 341. The third-order valence-electron chi connectivity index (χ3n) is 2.27. The molecule has 4 heteroatoms. The normalized spacial score (nSPS) is 17.2. The fraction of sp³-hybridized carbons (Fsp3) is 0.600. The van der Waals surface area contributed by atoms with Crippen molar-refractivity contribution in [3.05, 3.63) is 17.9 Å². The van der Waals surface area contributed by atoms with E-state index in [1.807, 2.05) is 13.8 Å². The zero-order valence-electron chi connectivity index (χ0n) is 8.58. The summed E-state index contributed by atoms with van der Waals surface area (Å²) in [7, 11) is 0. The minimum Gasteiger partial charge on any atom is -0.421 e. The summed E-state index contributed by atoms with van der Waals surface area (Å²) < 4.78 is 5.57. The van der Waals surface area contributed by atoms with Gasteiger partial charge >= 0.3 is 0 Å². The van der Waals surface area contributed by atoms with Crippen molar-refractivity contribution in [2.45, 2.75) is 26.2 Å². The second-order valence-electron chi connectivity index (χ2n) is 3.78. The van der Waals surface area contributed by atoms with Crippen LogP contribution in [0.5, 0.6) is 0 Å². The summed E-state index contributed by atoms with van der Waals surface area (Å²) >= 11 is 0. The van der Waals surface area contributed by atoms with E-state index in [2.05, 4.69) is 21.6 Å². The van der Waals surface area contributed by atoms with E-state index in [1.165, 1.54) is 5.57 Å². The molecule has 0 aromatic carbocycles. The standard InChI is InChI=1S/C10H15N3O/c1-7(2)9-12-13-10(14-9)8-3-5-11-6-4-8/h3,7,11H,4-6H2,1-2H3. The molecule has 1 aromatic heterocycles. The summed E-state index contributed by atoms with van der Waals surface area (Å²) in [5.41, 5.74) is 1.17. The lowest BCUT2D eigenvalue weighted by Gasteiger charge is -2.09. The molecule has 14 heavy (non-hydrogen) atoms. The number of rotatable bonds is 2. The minimum absolute atomic E-state index is 0.304. The van der Waals surface area contributed by atoms with Gasteiger partial charge in [-0.25, -0.2) is 0 Å². The summed E-state index contributed by atoms with van der Waals surface area (Å²) in [5, 5.41) is 11.3. The monoisotopic (exact) mass is 193 g/mol. The van der Waals surface area contributed by atoms with Gasteiger partial charge in [0, 0.05) is 18.0 Å². The van der Waals surface area contributed by atoms with Crippen LogP contribution < -0.4 is 5.32 Å². The minimum atomic E-state index is 0.304. The molecule has 0 spiro atoms. The second kappa shape index (κ2) is 3.92. The Balaban J connectivity index is 2.19. The maximum absolute atomic E-state index is 5.57. The highest BCUT2D eigenvalue weighted by molar-refractivity contribution is 5.59. The van der Waals surface area contributed by atoms with Gasteiger partial charge in [-0.2, -0.15) is 0 Å². The molecule has 2 heterocycles. The van der Waals surface area contributed by atoms with Crippen molar-refractivity contribution < 1.29 is 4.42 Å². The molecule has 0 aliphatic carbocycles. The van der Waals surface area contributed by atoms with Crippen LogP contribution in [0.2, 0.25) is 0 Å². The number of nitrogens with zero attached hydrogens (tertiary/aromatic N) is 2. The molecule has 0 saturated carbocycles. The predicted molar refractivity (Wildman–Crippen MR) is 53.9 cm³/mol. The highest BCUT2D eigenvalue weighted by atomic mass is 16.4. The smallest absolute Gasteiger partial charge is 0.243 e. The highest BCUT2D eigenvalue weighted by Crippen LogP contribution is 2.20. The molecule has 0 atom stereocenters. The Morgan fingerprint density at radius 2 is 2.29 bits per heavy atom. The van der Waals surface area contributed by atoms with Gasteiger partial charge in [0.1, 0.15) is 0 Å². The first kappa shape index (κ1) is 9.40. The highest BCUT2D eigenvalue weighted by Gasteiger charge is 2.14. The molecule has 4 nitrogen and oxygen atoms in total. The average Bonchev–Trinajstić information content (AvgIpc) is 2.68. The zero-order chi connectivity index (χ0) is 9.97. The van der Waals surface area contributed by atoms with Gasteiger partial charge in [-0.1, -0.05) is 19.9 Å². The summed E-state index contributed by atoms with van der Waals surface area (Å²) in [6.45, 7) is 5.99. The molecule has 1 aliphatic heterocycles. The van der Waals surface area contributed by atoms with Crippen LogP contribution >= 0.6 is 0 Å². The van der Waals surface area contributed by atoms with E-state index in [4.69, 9.17) is 4.42 Å². The van der Waals surface area contributed by atoms with Gasteiger partial charge in [-0.15, -0.1) is 10.2 Å². The number of nitrogens with one attached hydrogen (secondary N) is 1. The maximum Gasteiger partial charge on any atom is 0.243 e. The Morgan fingerprint density at radius 1 is 1.43 bits per heavy atom. The van der Waals surface area contributed by atoms with Crippen molar-refractivity contribution in [3.8, 4) is 0 Å². The fourth-order valence-electron chi connectivity index (χ4n) is 1.41. The number of hydrogen-bond donors (Lipinski definition) is 1. The molecule has 0 saturated heterocycles. The lowest BCUT2D eigenvalue weighted by atomic mass is 10.1. The molecule has 0 amide bonds. The second-order valence-corrected chi connectivity index (χ2v) is 3.78.